The van der Waals surface area contributed by atoms with Crippen molar-refractivity contribution in [1.29, 1.82) is 0 Å². The molecule has 0 atom stereocenters. The summed E-state index contributed by atoms with van der Waals surface area (Å²) in [5.74, 6) is 0. The highest BCUT2D eigenvalue weighted by atomic mass is 16.3. The van der Waals surface area contributed by atoms with Gasteiger partial charge in [-0.1, -0.05) is 133 Å². The zero-order chi connectivity index (χ0) is 36.3. The molecule has 0 aliphatic rings. The lowest BCUT2D eigenvalue weighted by atomic mass is 9.95. The molecule has 0 bridgehead atoms. The number of para-hydroxylation sites is 2. The van der Waals surface area contributed by atoms with Crippen LogP contribution < -0.4 is 4.90 Å². The predicted octanol–water partition coefficient (Wildman–Crippen LogP) is 15.1. The van der Waals surface area contributed by atoms with E-state index in [1.807, 2.05) is 24.3 Å². The third-order valence-corrected chi connectivity index (χ3v) is 10.9. The number of furan rings is 2. The maximum atomic E-state index is 6.39. The molecule has 0 unspecified atom stereocenters. The van der Waals surface area contributed by atoms with Gasteiger partial charge in [-0.3, -0.25) is 0 Å². The number of rotatable bonds is 6. The van der Waals surface area contributed by atoms with Crippen LogP contribution in [0.3, 0.4) is 0 Å². The van der Waals surface area contributed by atoms with Gasteiger partial charge in [-0.2, -0.15) is 0 Å². The standard InChI is InChI=1S/C52H33NO2/c1-2-17-42-35(11-1)12-9-20-43(42)39-15-7-13-36(31-39)37-14-8-16-41(32-37)53(47-21-10-24-50-52(47)46-19-4-6-23-49(46)54-50)40-28-25-34(26-29-40)38-27-30-45-44-18-3-5-22-48(44)55-51(45)33-38/h1-33H. The minimum Gasteiger partial charge on any atom is -0.456 e. The molecule has 0 amide bonds. The molecule has 0 fully saturated rings. The summed E-state index contributed by atoms with van der Waals surface area (Å²) in [6.45, 7) is 0. The Balaban J connectivity index is 1.04. The fourth-order valence-electron chi connectivity index (χ4n) is 8.25. The first kappa shape index (κ1) is 31.2. The first-order valence-corrected chi connectivity index (χ1v) is 18.7. The van der Waals surface area contributed by atoms with Gasteiger partial charge in [0.1, 0.15) is 22.3 Å². The molecule has 0 aliphatic carbocycles. The number of anilines is 3. The smallest absolute Gasteiger partial charge is 0.137 e. The van der Waals surface area contributed by atoms with Crippen molar-refractivity contribution in [3.05, 3.63) is 200 Å². The molecule has 11 rings (SSSR count). The zero-order valence-electron chi connectivity index (χ0n) is 29.8. The van der Waals surface area contributed by atoms with E-state index in [2.05, 4.69) is 181 Å². The number of hydrogen-bond acceptors (Lipinski definition) is 3. The molecule has 258 valence electrons. The van der Waals surface area contributed by atoms with Gasteiger partial charge in [0, 0.05) is 27.5 Å². The van der Waals surface area contributed by atoms with Gasteiger partial charge in [-0.15, -0.1) is 0 Å². The third kappa shape index (κ3) is 5.28. The van der Waals surface area contributed by atoms with E-state index in [1.165, 1.54) is 21.9 Å². The van der Waals surface area contributed by atoms with E-state index >= 15 is 0 Å². The van der Waals surface area contributed by atoms with Gasteiger partial charge in [-0.05, 0) is 111 Å². The maximum Gasteiger partial charge on any atom is 0.137 e. The van der Waals surface area contributed by atoms with Crippen molar-refractivity contribution in [2.45, 2.75) is 0 Å². The Morgan fingerprint density at radius 1 is 0.309 bits per heavy atom. The van der Waals surface area contributed by atoms with Crippen molar-refractivity contribution >= 4 is 71.7 Å². The Labute approximate surface area is 317 Å². The van der Waals surface area contributed by atoms with E-state index in [-0.39, 0.29) is 0 Å². The van der Waals surface area contributed by atoms with Crippen molar-refractivity contribution in [3.63, 3.8) is 0 Å². The van der Waals surface area contributed by atoms with Crippen LogP contribution in [0.1, 0.15) is 0 Å². The van der Waals surface area contributed by atoms with E-state index in [0.29, 0.717) is 0 Å². The quantitative estimate of drug-likeness (QED) is 0.173. The van der Waals surface area contributed by atoms with Crippen LogP contribution in [0.4, 0.5) is 17.1 Å². The third-order valence-electron chi connectivity index (χ3n) is 10.9. The number of hydrogen-bond donors (Lipinski definition) is 0. The summed E-state index contributed by atoms with van der Waals surface area (Å²) in [5.41, 5.74) is 13.7. The normalized spacial score (nSPS) is 11.6. The molecule has 3 heteroatoms. The Kier molecular flexibility index (Phi) is 7.17. The molecule has 11 aromatic rings. The average Bonchev–Trinajstić information content (AvgIpc) is 3.83. The highest BCUT2D eigenvalue weighted by Gasteiger charge is 2.20. The number of fused-ring (bicyclic) bond motifs is 7. The molecule has 9 aromatic carbocycles. The molecule has 3 nitrogen and oxygen atoms in total. The van der Waals surface area contributed by atoms with Crippen LogP contribution in [0, 0.1) is 0 Å². The molecule has 0 saturated carbocycles. The summed E-state index contributed by atoms with van der Waals surface area (Å²) >= 11 is 0. The van der Waals surface area contributed by atoms with Gasteiger partial charge in [0.15, 0.2) is 0 Å². The summed E-state index contributed by atoms with van der Waals surface area (Å²) in [7, 11) is 0. The Morgan fingerprint density at radius 2 is 0.891 bits per heavy atom. The SMILES string of the molecule is c1cc(-c2cccc(N(c3ccc(-c4ccc5c(c4)oc4ccccc45)cc3)c3cccc4oc5ccccc5c34)c2)cc(-c2cccc3ccccc23)c1. The Bertz CT molecular complexity index is 3220. The summed E-state index contributed by atoms with van der Waals surface area (Å²) in [6, 6.07) is 71.1. The van der Waals surface area contributed by atoms with Gasteiger partial charge in [0.05, 0.1) is 11.1 Å². The summed E-state index contributed by atoms with van der Waals surface area (Å²) in [4.78, 5) is 2.36. The van der Waals surface area contributed by atoms with Crippen LogP contribution >= 0.6 is 0 Å². The zero-order valence-corrected chi connectivity index (χ0v) is 29.8. The van der Waals surface area contributed by atoms with Crippen molar-refractivity contribution < 1.29 is 8.83 Å². The molecule has 2 aromatic heterocycles. The Hall–Kier alpha value is -7.36. The lowest BCUT2D eigenvalue weighted by Gasteiger charge is -2.27. The first-order valence-electron chi connectivity index (χ1n) is 18.7. The molecule has 0 saturated heterocycles. The molecule has 0 aliphatic heterocycles. The fraction of sp³-hybridized carbons (Fsp3) is 0. The maximum absolute atomic E-state index is 6.39. The van der Waals surface area contributed by atoms with Crippen LogP contribution in [-0.4, -0.2) is 0 Å². The summed E-state index contributed by atoms with van der Waals surface area (Å²) in [5, 5.41) is 6.94. The highest BCUT2D eigenvalue weighted by molar-refractivity contribution is 6.13. The van der Waals surface area contributed by atoms with Gasteiger partial charge < -0.3 is 13.7 Å². The van der Waals surface area contributed by atoms with Crippen molar-refractivity contribution in [2.75, 3.05) is 4.90 Å². The topological polar surface area (TPSA) is 29.5 Å². The molecular formula is C52H33NO2. The summed E-state index contributed by atoms with van der Waals surface area (Å²) in [6.07, 6.45) is 0. The highest BCUT2D eigenvalue weighted by Crippen LogP contribution is 2.44. The Morgan fingerprint density at radius 3 is 1.76 bits per heavy atom. The van der Waals surface area contributed by atoms with Crippen LogP contribution in [0.5, 0.6) is 0 Å². The van der Waals surface area contributed by atoms with E-state index < -0.39 is 0 Å². The van der Waals surface area contributed by atoms with Crippen LogP contribution in [-0.2, 0) is 0 Å². The van der Waals surface area contributed by atoms with Crippen LogP contribution in [0.25, 0.3) is 88.0 Å². The fourth-order valence-corrected chi connectivity index (χ4v) is 8.25. The predicted molar refractivity (Wildman–Crippen MR) is 229 cm³/mol. The molecule has 55 heavy (non-hydrogen) atoms. The van der Waals surface area contributed by atoms with Crippen molar-refractivity contribution in [2.24, 2.45) is 0 Å². The second-order valence-electron chi connectivity index (χ2n) is 14.1. The molecule has 0 radical (unpaired) electrons. The molecule has 0 spiro atoms. The van der Waals surface area contributed by atoms with Gasteiger partial charge in [0.25, 0.3) is 0 Å². The van der Waals surface area contributed by atoms with Gasteiger partial charge >= 0.3 is 0 Å². The van der Waals surface area contributed by atoms with Gasteiger partial charge in [-0.25, -0.2) is 0 Å². The second-order valence-corrected chi connectivity index (χ2v) is 14.1. The van der Waals surface area contributed by atoms with Crippen molar-refractivity contribution in [1.82, 2.24) is 0 Å². The lowest BCUT2D eigenvalue weighted by molar-refractivity contribution is 0.668. The van der Waals surface area contributed by atoms with Gasteiger partial charge in [0.2, 0.25) is 0 Å². The average molecular weight is 704 g/mol. The second kappa shape index (κ2) is 12.6. The molecule has 2 heterocycles. The van der Waals surface area contributed by atoms with Crippen LogP contribution in [0.15, 0.2) is 209 Å². The monoisotopic (exact) mass is 703 g/mol. The van der Waals surface area contributed by atoms with Crippen molar-refractivity contribution in [3.8, 4) is 33.4 Å². The minimum absolute atomic E-state index is 0.860. The van der Waals surface area contributed by atoms with E-state index in [9.17, 15) is 0 Å². The molecular weight excluding hydrogens is 671 g/mol. The number of nitrogens with zero attached hydrogens (tertiary/aromatic N) is 1. The lowest BCUT2D eigenvalue weighted by Crippen LogP contribution is -2.10. The minimum atomic E-state index is 0.860. The van der Waals surface area contributed by atoms with E-state index in [1.54, 1.807) is 0 Å². The molecule has 0 N–H and O–H groups in total. The summed E-state index contributed by atoms with van der Waals surface area (Å²) < 4.78 is 12.6. The van der Waals surface area contributed by atoms with E-state index in [0.717, 1.165) is 83.2 Å². The first-order chi connectivity index (χ1) is 27.2. The number of benzene rings is 9. The van der Waals surface area contributed by atoms with E-state index in [4.69, 9.17) is 8.83 Å². The van der Waals surface area contributed by atoms with Crippen LogP contribution in [0.2, 0.25) is 0 Å². The largest absolute Gasteiger partial charge is 0.456 e.